The van der Waals surface area contributed by atoms with Crippen LogP contribution >= 0.6 is 0 Å². The lowest BCUT2D eigenvalue weighted by molar-refractivity contribution is -0.136. The lowest BCUT2D eigenvalue weighted by Gasteiger charge is -2.04. The second kappa shape index (κ2) is 10.6. The van der Waals surface area contributed by atoms with Crippen molar-refractivity contribution in [1.29, 1.82) is 0 Å². The zero-order valence-electron chi connectivity index (χ0n) is 16.4. The first-order valence-electron chi connectivity index (χ1n) is 9.58. The molecule has 3 aromatic rings. The molecule has 0 spiro atoms. The number of hydrogen-bond donors (Lipinski definition) is 1. The largest absolute Gasteiger partial charge is 0.490 e. The number of hydrogen-bond acceptors (Lipinski definition) is 3. The first kappa shape index (κ1) is 20.8. The summed E-state index contributed by atoms with van der Waals surface area (Å²) in [5.41, 5.74) is 2.88. The Balaban J connectivity index is 1.56. The van der Waals surface area contributed by atoms with Crippen LogP contribution in [0.15, 0.2) is 91.0 Å². The SMILES string of the molecule is O=C(O)Cc1ccccc1C(=O)C=Cc1ccc(OCC=Cc2ccccc2)cc1. The summed E-state index contributed by atoms with van der Waals surface area (Å²) >= 11 is 0. The van der Waals surface area contributed by atoms with E-state index in [1.54, 1.807) is 30.3 Å². The van der Waals surface area contributed by atoms with Crippen LogP contribution < -0.4 is 4.74 Å². The highest BCUT2D eigenvalue weighted by Gasteiger charge is 2.10. The molecule has 0 aliphatic rings. The van der Waals surface area contributed by atoms with Crippen LogP contribution in [0.5, 0.6) is 5.75 Å². The Kier molecular flexibility index (Phi) is 7.34. The molecule has 0 saturated heterocycles. The summed E-state index contributed by atoms with van der Waals surface area (Å²) in [5, 5.41) is 9.00. The van der Waals surface area contributed by atoms with Gasteiger partial charge in [0.15, 0.2) is 5.78 Å². The number of aliphatic carboxylic acids is 1. The lowest BCUT2D eigenvalue weighted by Crippen LogP contribution is -2.06. The highest BCUT2D eigenvalue weighted by molar-refractivity contribution is 6.08. The summed E-state index contributed by atoms with van der Waals surface area (Å²) in [6, 6.07) is 24.2. The fourth-order valence-electron chi connectivity index (χ4n) is 2.91. The van der Waals surface area contributed by atoms with Crippen molar-refractivity contribution in [3.8, 4) is 5.75 Å². The van der Waals surface area contributed by atoms with E-state index in [4.69, 9.17) is 9.84 Å². The Morgan fingerprint density at radius 3 is 2.20 bits per heavy atom. The minimum atomic E-state index is -0.964. The van der Waals surface area contributed by atoms with Gasteiger partial charge >= 0.3 is 5.97 Å². The predicted molar refractivity (Wildman–Crippen MR) is 119 cm³/mol. The predicted octanol–water partition coefficient (Wildman–Crippen LogP) is 5.30. The summed E-state index contributed by atoms with van der Waals surface area (Å²) in [7, 11) is 0. The fourth-order valence-corrected chi connectivity index (χ4v) is 2.91. The van der Waals surface area contributed by atoms with Crippen LogP contribution in [0.1, 0.15) is 27.0 Å². The Bertz CT molecular complexity index is 1050. The minimum Gasteiger partial charge on any atom is -0.490 e. The van der Waals surface area contributed by atoms with Crippen molar-refractivity contribution in [1.82, 2.24) is 0 Å². The maximum Gasteiger partial charge on any atom is 0.307 e. The quantitative estimate of drug-likeness (QED) is 0.392. The zero-order chi connectivity index (χ0) is 21.2. The van der Waals surface area contributed by atoms with Crippen LogP contribution in [-0.4, -0.2) is 23.5 Å². The molecule has 3 rings (SSSR count). The molecule has 0 radical (unpaired) electrons. The standard InChI is InChI=1S/C26H22O4/c27-25(24-11-5-4-10-22(24)19-26(28)29)17-14-21-12-15-23(16-13-21)30-18-6-9-20-7-2-1-3-8-20/h1-17H,18-19H2,(H,28,29). The van der Waals surface area contributed by atoms with Crippen molar-refractivity contribution in [2.45, 2.75) is 6.42 Å². The highest BCUT2D eigenvalue weighted by Crippen LogP contribution is 2.15. The van der Waals surface area contributed by atoms with Gasteiger partial charge in [0.25, 0.3) is 0 Å². The molecule has 30 heavy (non-hydrogen) atoms. The van der Waals surface area contributed by atoms with Gasteiger partial charge < -0.3 is 9.84 Å². The van der Waals surface area contributed by atoms with Gasteiger partial charge in [0.05, 0.1) is 6.42 Å². The van der Waals surface area contributed by atoms with Crippen LogP contribution in [0, 0.1) is 0 Å². The molecule has 0 bridgehead atoms. The number of ether oxygens (including phenoxy) is 1. The minimum absolute atomic E-state index is 0.180. The molecular weight excluding hydrogens is 376 g/mol. The monoisotopic (exact) mass is 398 g/mol. The number of carbonyl (C=O) groups excluding carboxylic acids is 1. The number of carboxylic acid groups (broad SMARTS) is 1. The molecule has 0 heterocycles. The van der Waals surface area contributed by atoms with E-state index in [0.717, 1.165) is 16.9 Å². The molecule has 0 amide bonds. The van der Waals surface area contributed by atoms with Crippen molar-refractivity contribution >= 4 is 23.9 Å². The molecule has 150 valence electrons. The molecule has 3 aromatic carbocycles. The van der Waals surface area contributed by atoms with Crippen molar-refractivity contribution in [3.05, 3.63) is 113 Å². The molecule has 0 aromatic heterocycles. The van der Waals surface area contributed by atoms with E-state index in [0.29, 0.717) is 17.7 Å². The van der Waals surface area contributed by atoms with Crippen molar-refractivity contribution in [3.63, 3.8) is 0 Å². The summed E-state index contributed by atoms with van der Waals surface area (Å²) in [6.45, 7) is 0.461. The summed E-state index contributed by atoms with van der Waals surface area (Å²) in [6.07, 6.45) is 6.94. The third-order valence-electron chi connectivity index (χ3n) is 4.39. The van der Waals surface area contributed by atoms with Gasteiger partial charge in [-0.15, -0.1) is 0 Å². The Hall–Kier alpha value is -3.92. The fraction of sp³-hybridized carbons (Fsp3) is 0.0769. The molecule has 0 aliphatic heterocycles. The Morgan fingerprint density at radius 2 is 1.47 bits per heavy atom. The topological polar surface area (TPSA) is 63.6 Å². The molecule has 0 unspecified atom stereocenters. The maximum absolute atomic E-state index is 12.5. The molecule has 0 fully saturated rings. The maximum atomic E-state index is 12.5. The second-order valence-electron chi connectivity index (χ2n) is 6.62. The van der Waals surface area contributed by atoms with E-state index in [1.807, 2.05) is 66.7 Å². The summed E-state index contributed by atoms with van der Waals surface area (Å²) in [5.74, 6) is -0.449. The van der Waals surface area contributed by atoms with Gasteiger partial charge in [-0.1, -0.05) is 78.9 Å². The zero-order valence-corrected chi connectivity index (χ0v) is 16.4. The smallest absolute Gasteiger partial charge is 0.307 e. The Morgan fingerprint density at radius 1 is 0.800 bits per heavy atom. The number of benzene rings is 3. The number of rotatable bonds is 9. The molecular formula is C26H22O4. The van der Waals surface area contributed by atoms with E-state index < -0.39 is 5.97 Å². The third-order valence-corrected chi connectivity index (χ3v) is 4.39. The van der Waals surface area contributed by atoms with Crippen LogP contribution in [0.3, 0.4) is 0 Å². The van der Waals surface area contributed by atoms with Crippen LogP contribution in [0.2, 0.25) is 0 Å². The average molecular weight is 398 g/mol. The van der Waals surface area contributed by atoms with E-state index in [1.165, 1.54) is 6.08 Å². The van der Waals surface area contributed by atoms with Gasteiger partial charge in [-0.3, -0.25) is 9.59 Å². The van der Waals surface area contributed by atoms with E-state index in [9.17, 15) is 9.59 Å². The van der Waals surface area contributed by atoms with E-state index in [2.05, 4.69) is 0 Å². The van der Waals surface area contributed by atoms with Gasteiger partial charge in [-0.25, -0.2) is 0 Å². The Labute approximate surface area is 175 Å². The summed E-state index contributed by atoms with van der Waals surface area (Å²) in [4.78, 5) is 23.4. The molecule has 4 heteroatoms. The number of allylic oxidation sites excluding steroid dienone is 1. The van der Waals surface area contributed by atoms with E-state index in [-0.39, 0.29) is 12.2 Å². The van der Waals surface area contributed by atoms with Crippen LogP contribution in [0.4, 0.5) is 0 Å². The lowest BCUT2D eigenvalue weighted by atomic mass is 10.0. The molecule has 0 atom stereocenters. The molecule has 1 N–H and O–H groups in total. The van der Waals surface area contributed by atoms with Crippen molar-refractivity contribution in [2.24, 2.45) is 0 Å². The van der Waals surface area contributed by atoms with Crippen LogP contribution in [-0.2, 0) is 11.2 Å². The first-order chi connectivity index (χ1) is 14.6. The van der Waals surface area contributed by atoms with Gasteiger partial charge in [0.1, 0.15) is 12.4 Å². The highest BCUT2D eigenvalue weighted by atomic mass is 16.5. The van der Waals surface area contributed by atoms with Gasteiger partial charge in [0.2, 0.25) is 0 Å². The first-order valence-corrected chi connectivity index (χ1v) is 9.58. The number of carboxylic acids is 1. The molecule has 4 nitrogen and oxygen atoms in total. The van der Waals surface area contributed by atoms with Crippen molar-refractivity contribution < 1.29 is 19.4 Å². The van der Waals surface area contributed by atoms with Gasteiger partial charge in [-0.05, 0) is 41.0 Å². The normalized spacial score (nSPS) is 11.1. The second-order valence-corrected chi connectivity index (χ2v) is 6.62. The van der Waals surface area contributed by atoms with Crippen molar-refractivity contribution in [2.75, 3.05) is 6.61 Å². The molecule has 0 aliphatic carbocycles. The summed E-state index contributed by atoms with van der Waals surface area (Å²) < 4.78 is 5.70. The van der Waals surface area contributed by atoms with E-state index >= 15 is 0 Å². The molecule has 0 saturated carbocycles. The van der Waals surface area contributed by atoms with Crippen LogP contribution in [0.25, 0.3) is 12.2 Å². The average Bonchev–Trinajstić information content (AvgIpc) is 2.76. The number of carbonyl (C=O) groups is 2. The third kappa shape index (κ3) is 6.31. The van der Waals surface area contributed by atoms with Gasteiger partial charge in [0, 0.05) is 5.56 Å². The van der Waals surface area contributed by atoms with Gasteiger partial charge in [-0.2, -0.15) is 0 Å². The number of ketones is 1.